The van der Waals surface area contributed by atoms with Gasteiger partial charge in [0.1, 0.15) is 0 Å². The van der Waals surface area contributed by atoms with E-state index in [0.717, 1.165) is 14.2 Å². The fourth-order valence-corrected chi connectivity index (χ4v) is 2.35. The third kappa shape index (κ3) is 3.46. The summed E-state index contributed by atoms with van der Waals surface area (Å²) in [6.07, 6.45) is 0. The number of rotatable bonds is 4. The molecule has 0 N–H and O–H groups in total. The van der Waals surface area contributed by atoms with Gasteiger partial charge in [0, 0.05) is 0 Å². The summed E-state index contributed by atoms with van der Waals surface area (Å²) in [6, 6.07) is 0. The Hall–Kier alpha value is -2.70. The molecule has 4 nitrogen and oxygen atoms in total. The van der Waals surface area contributed by atoms with Gasteiger partial charge in [0.2, 0.25) is 23.3 Å². The van der Waals surface area contributed by atoms with E-state index in [2.05, 4.69) is 18.2 Å². The monoisotopic (exact) mass is 418 g/mol. The van der Waals surface area contributed by atoms with E-state index in [1.54, 1.807) is 0 Å². The number of ether oxygens (including phenoxy) is 2. The second-order valence-corrected chi connectivity index (χ2v) is 5.07. The third-order valence-electron chi connectivity index (χ3n) is 3.07. The SMILES string of the molecule is COc1c(F)c(F)c(N=S=Nc2c(F)c(F)c(OC)c(F)c2F)c(F)c1F. The van der Waals surface area contributed by atoms with E-state index in [0.29, 0.717) is 0 Å². The van der Waals surface area contributed by atoms with Crippen molar-refractivity contribution in [1.29, 1.82) is 0 Å². The van der Waals surface area contributed by atoms with Crippen LogP contribution in [-0.4, -0.2) is 14.2 Å². The largest absolute Gasteiger partial charge is 0.491 e. The number of hydrogen-bond donors (Lipinski definition) is 0. The van der Waals surface area contributed by atoms with Crippen LogP contribution >= 0.6 is 0 Å². The van der Waals surface area contributed by atoms with Gasteiger partial charge in [-0.2, -0.15) is 26.3 Å². The molecular weight excluding hydrogens is 412 g/mol. The third-order valence-corrected chi connectivity index (χ3v) is 3.60. The first kappa shape index (κ1) is 20.6. The van der Waals surface area contributed by atoms with E-state index >= 15 is 0 Å². The van der Waals surface area contributed by atoms with Gasteiger partial charge in [-0.05, 0) is 0 Å². The van der Waals surface area contributed by atoms with Crippen LogP contribution in [0.1, 0.15) is 0 Å². The molecule has 0 heterocycles. The Balaban J connectivity index is 2.63. The lowest BCUT2D eigenvalue weighted by Crippen LogP contribution is -2.01. The predicted molar refractivity (Wildman–Crippen MR) is 77.2 cm³/mol. The first-order valence-corrected chi connectivity index (χ1v) is 7.28. The van der Waals surface area contributed by atoms with E-state index in [9.17, 15) is 35.1 Å². The number of halogens is 8. The van der Waals surface area contributed by atoms with E-state index < -0.39 is 69.4 Å². The molecule has 0 aliphatic heterocycles. The van der Waals surface area contributed by atoms with Gasteiger partial charge < -0.3 is 9.47 Å². The molecule has 0 saturated heterocycles. The first-order valence-electron chi connectivity index (χ1n) is 6.55. The molecule has 0 spiro atoms. The van der Waals surface area contributed by atoms with E-state index in [-0.39, 0.29) is 11.4 Å². The van der Waals surface area contributed by atoms with Crippen LogP contribution < -0.4 is 9.47 Å². The smallest absolute Gasteiger partial charge is 0.206 e. The van der Waals surface area contributed by atoms with Gasteiger partial charge in [0.05, 0.1) is 25.6 Å². The highest BCUT2D eigenvalue weighted by Gasteiger charge is 2.27. The Labute approximate surface area is 149 Å². The first-order chi connectivity index (χ1) is 12.7. The van der Waals surface area contributed by atoms with Gasteiger partial charge in [-0.3, -0.25) is 0 Å². The lowest BCUT2D eigenvalue weighted by molar-refractivity contribution is 0.333. The fourth-order valence-electron chi connectivity index (χ4n) is 1.82. The van der Waals surface area contributed by atoms with Crippen molar-refractivity contribution < 1.29 is 44.6 Å². The molecule has 27 heavy (non-hydrogen) atoms. The molecule has 0 saturated carbocycles. The molecule has 146 valence electrons. The van der Waals surface area contributed by atoms with Crippen LogP contribution in [0.3, 0.4) is 0 Å². The summed E-state index contributed by atoms with van der Waals surface area (Å²) in [6.45, 7) is 0. The molecular formula is C14H6F8N2O2S. The number of nitrogens with zero attached hydrogens (tertiary/aromatic N) is 2. The summed E-state index contributed by atoms with van der Waals surface area (Å²) in [5.74, 6) is -18.3. The van der Waals surface area contributed by atoms with Crippen LogP contribution in [0.5, 0.6) is 11.5 Å². The standard InChI is InChI=1S/C14H6F8N2O2S/c1-25-13-7(19)3(15)11(4(16)8(13)20)23-27-24-12-5(17)9(21)14(26-2)10(22)6(12)18/h1-2H3. The molecule has 0 radical (unpaired) electrons. The van der Waals surface area contributed by atoms with Gasteiger partial charge in [0.25, 0.3) is 0 Å². The van der Waals surface area contributed by atoms with Crippen LogP contribution in [0.15, 0.2) is 8.73 Å². The molecule has 0 aliphatic carbocycles. The summed E-state index contributed by atoms with van der Waals surface area (Å²) in [4.78, 5) is 0. The van der Waals surface area contributed by atoms with Gasteiger partial charge in [0.15, 0.2) is 46.1 Å². The normalized spacial score (nSPS) is 10.6. The van der Waals surface area contributed by atoms with E-state index in [4.69, 9.17) is 0 Å². The maximum Gasteiger partial charge on any atom is 0.206 e. The van der Waals surface area contributed by atoms with Gasteiger partial charge in [-0.25, -0.2) is 17.6 Å². The predicted octanol–water partition coefficient (Wildman–Crippen LogP) is 5.23. The Morgan fingerprint density at radius 3 is 1.00 bits per heavy atom. The molecule has 0 amide bonds. The molecule has 0 aliphatic rings. The quantitative estimate of drug-likeness (QED) is 0.504. The molecule has 0 bridgehead atoms. The van der Waals surface area contributed by atoms with Gasteiger partial charge >= 0.3 is 0 Å². The van der Waals surface area contributed by atoms with Crippen molar-refractivity contribution in [3.05, 3.63) is 46.5 Å². The van der Waals surface area contributed by atoms with Gasteiger partial charge in [-0.15, -0.1) is 0 Å². The number of methoxy groups -OCH3 is 2. The van der Waals surface area contributed by atoms with Crippen LogP contribution in [0.4, 0.5) is 46.5 Å². The molecule has 2 aromatic rings. The summed E-state index contributed by atoms with van der Waals surface area (Å²) < 4.78 is 123. The minimum atomic E-state index is -1.98. The summed E-state index contributed by atoms with van der Waals surface area (Å²) in [5, 5.41) is 0. The zero-order valence-electron chi connectivity index (χ0n) is 13.1. The number of benzene rings is 2. The fraction of sp³-hybridized carbons (Fsp3) is 0.143. The van der Waals surface area contributed by atoms with Crippen LogP contribution in [0.2, 0.25) is 0 Å². The molecule has 2 aromatic carbocycles. The van der Waals surface area contributed by atoms with Crippen molar-refractivity contribution in [3.8, 4) is 11.5 Å². The van der Waals surface area contributed by atoms with Crippen molar-refractivity contribution in [2.24, 2.45) is 8.73 Å². The lowest BCUT2D eigenvalue weighted by atomic mass is 10.2. The van der Waals surface area contributed by atoms with E-state index in [1.165, 1.54) is 0 Å². The highest BCUT2D eigenvalue weighted by molar-refractivity contribution is 7.57. The second kappa shape index (κ2) is 7.90. The zero-order valence-corrected chi connectivity index (χ0v) is 14.0. The maximum absolute atomic E-state index is 13.7. The highest BCUT2D eigenvalue weighted by Crippen LogP contribution is 2.36. The number of hydrogen-bond acceptors (Lipinski definition) is 4. The van der Waals surface area contributed by atoms with E-state index in [1.807, 2.05) is 0 Å². The minimum Gasteiger partial charge on any atom is -0.491 e. The average Bonchev–Trinajstić information content (AvgIpc) is 2.64. The molecule has 2 rings (SSSR count). The minimum absolute atomic E-state index is 0.380. The van der Waals surface area contributed by atoms with Crippen molar-refractivity contribution in [2.75, 3.05) is 14.2 Å². The van der Waals surface area contributed by atoms with Crippen LogP contribution in [-0.2, 0) is 11.4 Å². The summed E-state index contributed by atoms with van der Waals surface area (Å²) in [5.41, 5.74) is -3.07. The van der Waals surface area contributed by atoms with Gasteiger partial charge in [-0.1, -0.05) is 0 Å². The van der Waals surface area contributed by atoms with Crippen molar-refractivity contribution in [3.63, 3.8) is 0 Å². The topological polar surface area (TPSA) is 43.2 Å². The molecule has 0 unspecified atom stereocenters. The Kier molecular flexibility index (Phi) is 6.03. The maximum atomic E-state index is 13.7. The van der Waals surface area contributed by atoms with Crippen molar-refractivity contribution in [1.82, 2.24) is 0 Å². The van der Waals surface area contributed by atoms with Crippen LogP contribution in [0, 0.1) is 46.5 Å². The highest BCUT2D eigenvalue weighted by atomic mass is 32.1. The average molecular weight is 418 g/mol. The Morgan fingerprint density at radius 2 is 0.778 bits per heavy atom. The second-order valence-electron chi connectivity index (χ2n) is 4.54. The van der Waals surface area contributed by atoms with Crippen molar-refractivity contribution in [2.45, 2.75) is 0 Å². The Morgan fingerprint density at radius 1 is 0.519 bits per heavy atom. The molecule has 0 fully saturated rings. The summed E-state index contributed by atoms with van der Waals surface area (Å²) >= 11 is -0.380. The molecule has 13 heteroatoms. The zero-order chi connectivity index (χ0) is 20.5. The summed E-state index contributed by atoms with van der Waals surface area (Å²) in [7, 11) is 1.50. The van der Waals surface area contributed by atoms with Crippen LogP contribution in [0.25, 0.3) is 0 Å². The van der Waals surface area contributed by atoms with Crippen molar-refractivity contribution >= 4 is 22.7 Å². The lowest BCUT2D eigenvalue weighted by Gasteiger charge is -2.07. The molecule has 0 atom stereocenters. The molecule has 0 aromatic heterocycles. The Bertz CT molecular complexity index is 859.